The van der Waals surface area contributed by atoms with Gasteiger partial charge in [-0.2, -0.15) is 0 Å². The lowest BCUT2D eigenvalue weighted by atomic mass is 9.88. The smallest absolute Gasteiger partial charge is 0.235 e. The summed E-state index contributed by atoms with van der Waals surface area (Å²) in [5, 5.41) is 2.95. The first kappa shape index (κ1) is 19.0. The Labute approximate surface area is 160 Å². The Bertz CT molecular complexity index is 644. The molecule has 0 aromatic heterocycles. The van der Waals surface area contributed by atoms with Crippen molar-refractivity contribution >= 4 is 23.4 Å². The standard InChI is InChI=1S/C20H27ClN2O3/c1-23(16-8-6-15(7-9-16)22-19(24)13-21)20(25)12-14-10-11-26-18-5-3-2-4-17(14)18/h2-5,14-16H,6-13H2,1H3,(H,22,24). The number of carbonyl (C=O) groups is 2. The highest BCUT2D eigenvalue weighted by atomic mass is 35.5. The maximum absolute atomic E-state index is 12.8. The van der Waals surface area contributed by atoms with Crippen LogP contribution >= 0.6 is 11.6 Å². The van der Waals surface area contributed by atoms with Crippen molar-refractivity contribution in [2.75, 3.05) is 19.5 Å². The third-order valence-corrected chi connectivity index (χ3v) is 5.87. The van der Waals surface area contributed by atoms with Gasteiger partial charge in [0.1, 0.15) is 11.6 Å². The summed E-state index contributed by atoms with van der Waals surface area (Å²) in [6.45, 7) is 0.671. The number of hydrogen-bond acceptors (Lipinski definition) is 3. The van der Waals surface area contributed by atoms with E-state index in [1.807, 2.05) is 30.1 Å². The number of halogens is 1. The molecule has 1 aliphatic carbocycles. The van der Waals surface area contributed by atoms with Gasteiger partial charge in [0.05, 0.1) is 6.61 Å². The first-order valence-electron chi connectivity index (χ1n) is 9.41. The van der Waals surface area contributed by atoms with Crippen molar-refractivity contribution in [3.63, 3.8) is 0 Å². The average molecular weight is 379 g/mol. The number of para-hydroxylation sites is 1. The fraction of sp³-hybridized carbons (Fsp3) is 0.600. The van der Waals surface area contributed by atoms with Gasteiger partial charge >= 0.3 is 0 Å². The van der Waals surface area contributed by atoms with Crippen molar-refractivity contribution in [1.29, 1.82) is 0 Å². The molecule has 5 nitrogen and oxygen atoms in total. The molecular formula is C20H27ClN2O3. The van der Waals surface area contributed by atoms with Crippen molar-refractivity contribution < 1.29 is 14.3 Å². The molecule has 1 fully saturated rings. The molecule has 0 radical (unpaired) electrons. The van der Waals surface area contributed by atoms with Crippen molar-refractivity contribution in [3.8, 4) is 5.75 Å². The summed E-state index contributed by atoms with van der Waals surface area (Å²) >= 11 is 5.55. The average Bonchev–Trinajstić information content (AvgIpc) is 2.68. The molecule has 1 aromatic carbocycles. The summed E-state index contributed by atoms with van der Waals surface area (Å²) < 4.78 is 5.70. The highest BCUT2D eigenvalue weighted by Gasteiger charge is 2.30. The van der Waals surface area contributed by atoms with Crippen molar-refractivity contribution in [2.24, 2.45) is 0 Å². The van der Waals surface area contributed by atoms with Crippen molar-refractivity contribution in [2.45, 2.75) is 56.5 Å². The number of fused-ring (bicyclic) bond motifs is 1. The van der Waals surface area contributed by atoms with Crippen LogP contribution in [0.2, 0.25) is 0 Å². The largest absolute Gasteiger partial charge is 0.493 e. The Hall–Kier alpha value is -1.75. The molecule has 2 aliphatic rings. The van der Waals surface area contributed by atoms with Gasteiger partial charge in [-0.15, -0.1) is 11.6 Å². The Morgan fingerprint density at radius 2 is 1.92 bits per heavy atom. The second-order valence-electron chi connectivity index (χ2n) is 7.29. The van der Waals surface area contributed by atoms with Crippen LogP contribution in [0.25, 0.3) is 0 Å². The van der Waals surface area contributed by atoms with Gasteiger partial charge in [-0.3, -0.25) is 9.59 Å². The van der Waals surface area contributed by atoms with Gasteiger partial charge in [0.15, 0.2) is 0 Å². The summed E-state index contributed by atoms with van der Waals surface area (Å²) in [6.07, 6.45) is 5.03. The Morgan fingerprint density at radius 1 is 1.19 bits per heavy atom. The molecule has 1 unspecified atom stereocenters. The zero-order chi connectivity index (χ0) is 18.5. The minimum absolute atomic E-state index is 0.00486. The first-order chi connectivity index (χ1) is 12.6. The topological polar surface area (TPSA) is 58.6 Å². The number of carbonyl (C=O) groups excluding carboxylic acids is 2. The molecular weight excluding hydrogens is 352 g/mol. The summed E-state index contributed by atoms with van der Waals surface area (Å²) in [7, 11) is 1.91. The van der Waals surface area contributed by atoms with E-state index >= 15 is 0 Å². The zero-order valence-electron chi connectivity index (χ0n) is 15.2. The molecule has 1 N–H and O–H groups in total. The van der Waals surface area contributed by atoms with Gasteiger partial charge in [0.25, 0.3) is 0 Å². The van der Waals surface area contributed by atoms with Gasteiger partial charge in [-0.05, 0) is 49.7 Å². The first-order valence-corrected chi connectivity index (χ1v) is 9.94. The third-order valence-electron chi connectivity index (χ3n) is 5.63. The second-order valence-corrected chi connectivity index (χ2v) is 7.55. The van der Waals surface area contributed by atoms with Crippen LogP contribution in [0.15, 0.2) is 24.3 Å². The number of nitrogens with zero attached hydrogens (tertiary/aromatic N) is 1. The number of amides is 2. The molecule has 1 heterocycles. The van der Waals surface area contributed by atoms with E-state index in [1.165, 1.54) is 0 Å². The lowest BCUT2D eigenvalue weighted by Crippen LogP contribution is -2.45. The predicted molar refractivity (Wildman–Crippen MR) is 102 cm³/mol. The predicted octanol–water partition coefficient (Wildman–Crippen LogP) is 3.07. The SMILES string of the molecule is CN(C(=O)CC1CCOc2ccccc21)C1CCC(NC(=O)CCl)CC1. The Kier molecular flexibility index (Phi) is 6.41. The molecule has 0 saturated heterocycles. The molecule has 0 spiro atoms. The van der Waals surface area contributed by atoms with Crippen molar-refractivity contribution in [3.05, 3.63) is 29.8 Å². The normalized spacial score (nSPS) is 24.9. The lowest BCUT2D eigenvalue weighted by molar-refractivity contribution is -0.133. The quantitative estimate of drug-likeness (QED) is 0.801. The molecule has 1 atom stereocenters. The van der Waals surface area contributed by atoms with E-state index in [9.17, 15) is 9.59 Å². The molecule has 1 saturated carbocycles. The van der Waals surface area contributed by atoms with Gasteiger partial charge < -0.3 is 15.0 Å². The Morgan fingerprint density at radius 3 is 2.65 bits per heavy atom. The fourth-order valence-electron chi connectivity index (χ4n) is 4.06. The van der Waals surface area contributed by atoms with E-state index in [2.05, 4.69) is 11.4 Å². The summed E-state index contributed by atoms with van der Waals surface area (Å²) in [6, 6.07) is 8.45. The maximum atomic E-state index is 12.8. The van der Waals surface area contributed by atoms with Crippen LogP contribution in [0.4, 0.5) is 0 Å². The van der Waals surface area contributed by atoms with E-state index < -0.39 is 0 Å². The molecule has 3 rings (SSSR count). The van der Waals surface area contributed by atoms with Gasteiger partial charge in [0.2, 0.25) is 11.8 Å². The molecule has 1 aromatic rings. The number of ether oxygens (including phenoxy) is 1. The second kappa shape index (κ2) is 8.76. The van der Waals surface area contributed by atoms with E-state index in [1.54, 1.807) is 0 Å². The fourth-order valence-corrected chi connectivity index (χ4v) is 4.14. The number of hydrogen-bond donors (Lipinski definition) is 1. The molecule has 1 aliphatic heterocycles. The zero-order valence-corrected chi connectivity index (χ0v) is 16.0. The summed E-state index contributed by atoms with van der Waals surface area (Å²) in [5.74, 6) is 1.23. The molecule has 142 valence electrons. The van der Waals surface area contributed by atoms with Crippen molar-refractivity contribution in [1.82, 2.24) is 10.2 Å². The number of nitrogens with one attached hydrogen (secondary N) is 1. The summed E-state index contributed by atoms with van der Waals surface area (Å²) in [4.78, 5) is 26.1. The maximum Gasteiger partial charge on any atom is 0.235 e. The molecule has 2 amide bonds. The van der Waals surface area contributed by atoms with Crippen LogP contribution in [0.1, 0.15) is 50.0 Å². The van der Waals surface area contributed by atoms with Crippen LogP contribution in [0.5, 0.6) is 5.75 Å². The monoisotopic (exact) mass is 378 g/mol. The third kappa shape index (κ3) is 4.50. The van der Waals surface area contributed by atoms with E-state index in [4.69, 9.17) is 16.3 Å². The van der Waals surface area contributed by atoms with E-state index in [-0.39, 0.29) is 35.7 Å². The summed E-state index contributed by atoms with van der Waals surface area (Å²) in [5.41, 5.74) is 1.15. The van der Waals surface area contributed by atoms with E-state index in [0.29, 0.717) is 13.0 Å². The van der Waals surface area contributed by atoms with Crippen LogP contribution in [-0.4, -0.2) is 48.3 Å². The van der Waals surface area contributed by atoms with Crippen LogP contribution < -0.4 is 10.1 Å². The number of alkyl halides is 1. The van der Waals surface area contributed by atoms with Gasteiger partial charge in [-0.25, -0.2) is 0 Å². The molecule has 0 bridgehead atoms. The highest BCUT2D eigenvalue weighted by Crippen LogP contribution is 2.36. The molecule has 6 heteroatoms. The minimum Gasteiger partial charge on any atom is -0.493 e. The molecule has 26 heavy (non-hydrogen) atoms. The van der Waals surface area contributed by atoms with Crippen LogP contribution in [0.3, 0.4) is 0 Å². The van der Waals surface area contributed by atoms with E-state index in [0.717, 1.165) is 43.4 Å². The highest BCUT2D eigenvalue weighted by molar-refractivity contribution is 6.27. The van der Waals surface area contributed by atoms with Gasteiger partial charge in [0, 0.05) is 25.6 Å². The van der Waals surface area contributed by atoms with Crippen LogP contribution in [0, 0.1) is 0 Å². The van der Waals surface area contributed by atoms with Crippen LogP contribution in [-0.2, 0) is 9.59 Å². The lowest BCUT2D eigenvalue weighted by Gasteiger charge is -2.36. The Balaban J connectivity index is 1.52. The number of benzene rings is 1. The van der Waals surface area contributed by atoms with Gasteiger partial charge in [-0.1, -0.05) is 18.2 Å². The minimum atomic E-state index is -0.113. The number of rotatable bonds is 5.